The van der Waals surface area contributed by atoms with Crippen molar-refractivity contribution in [3.8, 4) is 6.07 Å². The van der Waals surface area contributed by atoms with Crippen molar-refractivity contribution in [2.45, 2.75) is 18.8 Å². The zero-order valence-corrected chi connectivity index (χ0v) is 10.4. The van der Waals surface area contributed by atoms with Crippen LogP contribution in [0.15, 0.2) is 18.2 Å². The lowest BCUT2D eigenvalue weighted by molar-refractivity contribution is 0.0831. The molecule has 0 amide bonds. The van der Waals surface area contributed by atoms with Gasteiger partial charge in [-0.05, 0) is 31.0 Å². The van der Waals surface area contributed by atoms with Crippen LogP contribution in [0.5, 0.6) is 0 Å². The van der Waals surface area contributed by atoms with E-state index in [9.17, 15) is 0 Å². The van der Waals surface area contributed by atoms with E-state index >= 15 is 0 Å². The summed E-state index contributed by atoms with van der Waals surface area (Å²) < 4.78 is 7.51. The molecule has 0 spiro atoms. The molecule has 0 aliphatic carbocycles. The molecule has 1 aromatic carbocycles. The van der Waals surface area contributed by atoms with E-state index in [2.05, 4.69) is 10.6 Å². The Bertz CT molecular complexity index is 618. The number of aryl methyl sites for hydroxylation is 1. The molecule has 1 fully saturated rings. The van der Waals surface area contributed by atoms with E-state index in [0.29, 0.717) is 11.5 Å². The molecule has 0 bridgehead atoms. The van der Waals surface area contributed by atoms with Crippen LogP contribution in [-0.4, -0.2) is 22.8 Å². The minimum Gasteiger partial charge on any atom is -0.381 e. The smallest absolute Gasteiger partial charge is 0.112 e. The zero-order chi connectivity index (χ0) is 12.5. The van der Waals surface area contributed by atoms with E-state index < -0.39 is 0 Å². The normalized spacial score (nSPS) is 16.9. The Morgan fingerprint density at radius 1 is 1.39 bits per heavy atom. The highest BCUT2D eigenvalue weighted by Gasteiger charge is 2.21. The van der Waals surface area contributed by atoms with Gasteiger partial charge in [0.05, 0.1) is 22.7 Å². The predicted octanol–water partition coefficient (Wildman–Crippen LogP) is 2.34. The van der Waals surface area contributed by atoms with Crippen LogP contribution in [0.1, 0.15) is 30.1 Å². The van der Waals surface area contributed by atoms with E-state index in [4.69, 9.17) is 15.0 Å². The van der Waals surface area contributed by atoms with Crippen LogP contribution in [0.4, 0.5) is 0 Å². The zero-order valence-electron chi connectivity index (χ0n) is 10.4. The highest BCUT2D eigenvalue weighted by Crippen LogP contribution is 2.28. The summed E-state index contributed by atoms with van der Waals surface area (Å²) in [7, 11) is 2.03. The van der Waals surface area contributed by atoms with Crippen LogP contribution in [-0.2, 0) is 11.8 Å². The molecule has 2 heterocycles. The Hall–Kier alpha value is -1.86. The average molecular weight is 241 g/mol. The van der Waals surface area contributed by atoms with Crippen molar-refractivity contribution in [1.82, 2.24) is 9.55 Å². The van der Waals surface area contributed by atoms with Gasteiger partial charge < -0.3 is 9.30 Å². The third-order valence-electron chi connectivity index (χ3n) is 3.63. The average Bonchev–Trinajstić information content (AvgIpc) is 2.77. The summed E-state index contributed by atoms with van der Waals surface area (Å²) >= 11 is 0. The molecule has 0 saturated carbocycles. The first-order valence-electron chi connectivity index (χ1n) is 6.24. The Kier molecular flexibility index (Phi) is 2.77. The number of nitriles is 1. The number of hydrogen-bond acceptors (Lipinski definition) is 3. The lowest BCUT2D eigenvalue weighted by Crippen LogP contribution is -2.17. The van der Waals surface area contributed by atoms with Crippen LogP contribution in [0.25, 0.3) is 11.0 Å². The number of imidazole rings is 1. The van der Waals surface area contributed by atoms with Gasteiger partial charge in [-0.15, -0.1) is 0 Å². The summed E-state index contributed by atoms with van der Waals surface area (Å²) in [6.45, 7) is 1.63. The van der Waals surface area contributed by atoms with Gasteiger partial charge in [0.25, 0.3) is 0 Å². The van der Waals surface area contributed by atoms with Crippen LogP contribution in [0.3, 0.4) is 0 Å². The topological polar surface area (TPSA) is 50.8 Å². The highest BCUT2D eigenvalue weighted by molar-refractivity contribution is 5.77. The largest absolute Gasteiger partial charge is 0.381 e. The second kappa shape index (κ2) is 4.43. The minimum atomic E-state index is 0.474. The molecular formula is C14H15N3O. The summed E-state index contributed by atoms with van der Waals surface area (Å²) in [5, 5.41) is 8.95. The summed E-state index contributed by atoms with van der Waals surface area (Å²) in [5.74, 6) is 1.59. The molecule has 0 N–H and O–H groups in total. The SMILES string of the molecule is Cn1c(C2CCOCC2)nc2ccc(C#N)cc21. The lowest BCUT2D eigenvalue weighted by Gasteiger charge is -2.21. The fourth-order valence-electron chi connectivity index (χ4n) is 2.60. The predicted molar refractivity (Wildman–Crippen MR) is 68.2 cm³/mol. The maximum absolute atomic E-state index is 8.95. The van der Waals surface area contributed by atoms with Crippen molar-refractivity contribution >= 4 is 11.0 Å². The van der Waals surface area contributed by atoms with Gasteiger partial charge in [0.15, 0.2) is 0 Å². The van der Waals surface area contributed by atoms with E-state index in [1.165, 1.54) is 0 Å². The molecule has 4 heteroatoms. The first-order valence-corrected chi connectivity index (χ1v) is 6.24. The summed E-state index contributed by atoms with van der Waals surface area (Å²) in [5.41, 5.74) is 2.69. The molecule has 92 valence electrons. The molecule has 1 saturated heterocycles. The number of ether oxygens (including phenoxy) is 1. The van der Waals surface area contributed by atoms with Crippen molar-refractivity contribution in [1.29, 1.82) is 5.26 Å². The first kappa shape index (κ1) is 11.2. The van der Waals surface area contributed by atoms with Crippen molar-refractivity contribution in [3.05, 3.63) is 29.6 Å². The Morgan fingerprint density at radius 2 is 2.17 bits per heavy atom. The second-order valence-electron chi connectivity index (χ2n) is 4.73. The van der Waals surface area contributed by atoms with Gasteiger partial charge in [-0.1, -0.05) is 0 Å². The standard InChI is InChI=1S/C14H15N3O/c1-17-13-8-10(9-15)2-3-12(13)16-14(17)11-4-6-18-7-5-11/h2-3,8,11H,4-7H2,1H3. The van der Waals surface area contributed by atoms with Crippen molar-refractivity contribution < 1.29 is 4.74 Å². The van der Waals surface area contributed by atoms with Gasteiger partial charge in [0.2, 0.25) is 0 Å². The van der Waals surface area contributed by atoms with Crippen LogP contribution in [0, 0.1) is 11.3 Å². The monoisotopic (exact) mass is 241 g/mol. The fraction of sp³-hybridized carbons (Fsp3) is 0.429. The molecular weight excluding hydrogens is 226 g/mol. The summed E-state index contributed by atoms with van der Waals surface area (Å²) in [6.07, 6.45) is 2.06. The highest BCUT2D eigenvalue weighted by atomic mass is 16.5. The van der Waals surface area contributed by atoms with Gasteiger partial charge in [-0.3, -0.25) is 0 Å². The van der Waals surface area contributed by atoms with E-state index in [1.807, 2.05) is 25.2 Å². The number of hydrogen-bond donors (Lipinski definition) is 0. The molecule has 0 unspecified atom stereocenters. The maximum Gasteiger partial charge on any atom is 0.112 e. The van der Waals surface area contributed by atoms with Gasteiger partial charge in [0.1, 0.15) is 5.82 Å². The van der Waals surface area contributed by atoms with Crippen molar-refractivity contribution in [3.63, 3.8) is 0 Å². The molecule has 0 radical (unpaired) electrons. The molecule has 2 aromatic rings. The lowest BCUT2D eigenvalue weighted by atomic mass is 9.99. The van der Waals surface area contributed by atoms with Crippen molar-refractivity contribution in [2.75, 3.05) is 13.2 Å². The van der Waals surface area contributed by atoms with Gasteiger partial charge in [0, 0.05) is 26.2 Å². The van der Waals surface area contributed by atoms with Crippen molar-refractivity contribution in [2.24, 2.45) is 7.05 Å². The van der Waals surface area contributed by atoms with Gasteiger partial charge in [-0.2, -0.15) is 5.26 Å². The van der Waals surface area contributed by atoms with Gasteiger partial charge in [-0.25, -0.2) is 4.98 Å². The molecule has 18 heavy (non-hydrogen) atoms. The Balaban J connectivity index is 2.08. The number of fused-ring (bicyclic) bond motifs is 1. The number of nitrogens with zero attached hydrogens (tertiary/aromatic N) is 3. The fourth-order valence-corrected chi connectivity index (χ4v) is 2.60. The Labute approximate surface area is 106 Å². The van der Waals surface area contributed by atoms with E-state index in [0.717, 1.165) is 42.9 Å². The molecule has 3 rings (SSSR count). The second-order valence-corrected chi connectivity index (χ2v) is 4.73. The molecule has 1 aliphatic rings. The number of aromatic nitrogens is 2. The van der Waals surface area contributed by atoms with E-state index in [-0.39, 0.29) is 0 Å². The van der Waals surface area contributed by atoms with Crippen LogP contribution >= 0.6 is 0 Å². The Morgan fingerprint density at radius 3 is 2.89 bits per heavy atom. The van der Waals surface area contributed by atoms with E-state index in [1.54, 1.807) is 0 Å². The van der Waals surface area contributed by atoms with Crippen LogP contribution < -0.4 is 0 Å². The molecule has 4 nitrogen and oxygen atoms in total. The van der Waals surface area contributed by atoms with Gasteiger partial charge >= 0.3 is 0 Å². The molecule has 1 aliphatic heterocycles. The minimum absolute atomic E-state index is 0.474. The third kappa shape index (κ3) is 1.77. The number of benzene rings is 1. The maximum atomic E-state index is 8.95. The molecule has 0 atom stereocenters. The molecule has 1 aromatic heterocycles. The summed E-state index contributed by atoms with van der Waals surface area (Å²) in [4.78, 5) is 4.71. The quantitative estimate of drug-likeness (QED) is 0.770. The van der Waals surface area contributed by atoms with Crippen LogP contribution in [0.2, 0.25) is 0 Å². The summed E-state index contributed by atoms with van der Waals surface area (Å²) in [6, 6.07) is 7.83. The first-order chi connectivity index (χ1) is 8.79. The third-order valence-corrected chi connectivity index (χ3v) is 3.63. The number of rotatable bonds is 1.